The van der Waals surface area contributed by atoms with E-state index < -0.39 is 0 Å². The number of ketones is 1. The molecular weight excluding hydrogens is 186 g/mol. The Bertz CT molecular complexity index is 177. The summed E-state index contributed by atoms with van der Waals surface area (Å²) < 4.78 is 0. The van der Waals surface area contributed by atoms with E-state index in [1.54, 1.807) is 0 Å². The lowest BCUT2D eigenvalue weighted by Gasteiger charge is -2.18. The van der Waals surface area contributed by atoms with Crippen molar-refractivity contribution in [3.05, 3.63) is 0 Å². The first-order valence-electron chi connectivity index (χ1n) is 6.24. The average Bonchev–Trinajstić information content (AvgIpc) is 2.13. The molecule has 0 heterocycles. The van der Waals surface area contributed by atoms with Crippen LogP contribution in [0.15, 0.2) is 0 Å². The second-order valence-corrected chi connectivity index (χ2v) is 5.13. The summed E-state index contributed by atoms with van der Waals surface area (Å²) in [4.78, 5) is 11.9. The van der Waals surface area contributed by atoms with Crippen LogP contribution in [0.25, 0.3) is 0 Å². The van der Waals surface area contributed by atoms with Crippen molar-refractivity contribution in [1.29, 1.82) is 0 Å². The van der Waals surface area contributed by atoms with Crippen LogP contribution in [-0.4, -0.2) is 12.3 Å². The van der Waals surface area contributed by atoms with E-state index in [-0.39, 0.29) is 5.92 Å². The highest BCUT2D eigenvalue weighted by Crippen LogP contribution is 2.18. The molecule has 0 aromatic carbocycles. The van der Waals surface area contributed by atoms with Crippen LogP contribution in [0.4, 0.5) is 0 Å². The third kappa shape index (κ3) is 6.67. The van der Waals surface area contributed by atoms with Crippen molar-refractivity contribution in [1.82, 2.24) is 0 Å². The lowest BCUT2D eigenvalue weighted by Crippen LogP contribution is -2.26. The molecule has 0 spiro atoms. The van der Waals surface area contributed by atoms with E-state index >= 15 is 0 Å². The van der Waals surface area contributed by atoms with Crippen LogP contribution in [0.3, 0.4) is 0 Å². The predicted molar refractivity (Wildman–Crippen MR) is 65.7 cm³/mol. The predicted octanol–water partition coefficient (Wildman–Crippen LogP) is 3.00. The van der Waals surface area contributed by atoms with Crippen LogP contribution >= 0.6 is 0 Å². The molecule has 0 aromatic rings. The smallest absolute Gasteiger partial charge is 0.137 e. The molecule has 0 saturated carbocycles. The van der Waals surface area contributed by atoms with Crippen LogP contribution in [0, 0.1) is 17.8 Å². The minimum atomic E-state index is 0.0873. The van der Waals surface area contributed by atoms with E-state index in [0.29, 0.717) is 30.6 Å². The van der Waals surface area contributed by atoms with Gasteiger partial charge in [-0.2, -0.15) is 0 Å². The first-order chi connectivity index (χ1) is 7.01. The van der Waals surface area contributed by atoms with Gasteiger partial charge in [0.25, 0.3) is 0 Å². The Hall–Kier alpha value is -0.370. The van der Waals surface area contributed by atoms with E-state index in [4.69, 9.17) is 5.73 Å². The molecule has 0 radical (unpaired) electrons. The quantitative estimate of drug-likeness (QED) is 0.673. The van der Waals surface area contributed by atoms with E-state index in [2.05, 4.69) is 27.7 Å². The molecule has 0 bridgehead atoms. The molecule has 15 heavy (non-hydrogen) atoms. The van der Waals surface area contributed by atoms with Gasteiger partial charge < -0.3 is 5.73 Å². The summed E-state index contributed by atoms with van der Waals surface area (Å²) in [5.74, 6) is 1.53. The largest absolute Gasteiger partial charge is 0.330 e. The van der Waals surface area contributed by atoms with Gasteiger partial charge in [-0.15, -0.1) is 0 Å². The molecule has 2 heteroatoms. The lowest BCUT2D eigenvalue weighted by molar-refractivity contribution is -0.123. The van der Waals surface area contributed by atoms with Crippen molar-refractivity contribution in [2.75, 3.05) is 6.54 Å². The van der Waals surface area contributed by atoms with E-state index in [1.807, 2.05) is 0 Å². The number of hydrogen-bond donors (Lipinski definition) is 1. The summed E-state index contributed by atoms with van der Waals surface area (Å²) in [5, 5.41) is 0. The maximum atomic E-state index is 11.9. The van der Waals surface area contributed by atoms with Crippen LogP contribution < -0.4 is 5.73 Å². The Morgan fingerprint density at radius 1 is 1.27 bits per heavy atom. The number of carbonyl (C=O) groups is 1. The van der Waals surface area contributed by atoms with Gasteiger partial charge in [0.1, 0.15) is 5.78 Å². The van der Waals surface area contributed by atoms with E-state index in [1.165, 1.54) is 0 Å². The number of hydrogen-bond acceptors (Lipinski definition) is 2. The molecule has 0 aromatic heterocycles. The van der Waals surface area contributed by atoms with Gasteiger partial charge in [0.15, 0.2) is 0 Å². The summed E-state index contributed by atoms with van der Waals surface area (Å²) in [6, 6.07) is 0. The highest BCUT2D eigenvalue weighted by molar-refractivity contribution is 5.81. The van der Waals surface area contributed by atoms with Gasteiger partial charge in [-0.3, -0.25) is 4.79 Å². The van der Waals surface area contributed by atoms with Crippen molar-refractivity contribution in [2.45, 2.75) is 53.4 Å². The Balaban J connectivity index is 4.03. The summed E-state index contributed by atoms with van der Waals surface area (Å²) in [5.41, 5.74) is 5.65. The zero-order valence-electron chi connectivity index (χ0n) is 10.8. The fourth-order valence-corrected chi connectivity index (χ4v) is 2.03. The highest BCUT2D eigenvalue weighted by atomic mass is 16.1. The average molecular weight is 213 g/mol. The van der Waals surface area contributed by atoms with Gasteiger partial charge in [0.05, 0.1) is 0 Å². The fourth-order valence-electron chi connectivity index (χ4n) is 2.03. The van der Waals surface area contributed by atoms with Gasteiger partial charge >= 0.3 is 0 Å². The Kier molecular flexibility index (Phi) is 7.67. The Morgan fingerprint density at radius 3 is 2.27 bits per heavy atom. The van der Waals surface area contributed by atoms with Crippen molar-refractivity contribution in [3.63, 3.8) is 0 Å². The first-order valence-corrected chi connectivity index (χ1v) is 6.24. The molecule has 0 fully saturated rings. The lowest BCUT2D eigenvalue weighted by atomic mass is 9.88. The normalized spacial score (nSPS) is 15.3. The monoisotopic (exact) mass is 213 g/mol. The van der Waals surface area contributed by atoms with Gasteiger partial charge in [-0.25, -0.2) is 0 Å². The summed E-state index contributed by atoms with van der Waals surface area (Å²) in [6.07, 6.45) is 3.95. The third-order valence-electron chi connectivity index (χ3n) is 2.83. The van der Waals surface area contributed by atoms with Crippen molar-refractivity contribution < 1.29 is 4.79 Å². The van der Waals surface area contributed by atoms with E-state index in [9.17, 15) is 4.79 Å². The summed E-state index contributed by atoms with van der Waals surface area (Å²) in [7, 11) is 0. The maximum absolute atomic E-state index is 11.9. The van der Waals surface area contributed by atoms with Crippen LogP contribution in [0.2, 0.25) is 0 Å². The maximum Gasteiger partial charge on any atom is 0.137 e. The summed E-state index contributed by atoms with van der Waals surface area (Å²) in [6.45, 7) is 9.12. The molecular formula is C13H27NO. The second-order valence-electron chi connectivity index (χ2n) is 5.13. The molecule has 0 rings (SSSR count). The topological polar surface area (TPSA) is 43.1 Å². The van der Waals surface area contributed by atoms with Crippen LogP contribution in [0.5, 0.6) is 0 Å². The zero-order valence-corrected chi connectivity index (χ0v) is 10.8. The molecule has 2 unspecified atom stereocenters. The van der Waals surface area contributed by atoms with Crippen molar-refractivity contribution in [2.24, 2.45) is 23.5 Å². The molecule has 2 N–H and O–H groups in total. The van der Waals surface area contributed by atoms with Crippen molar-refractivity contribution in [3.8, 4) is 0 Å². The number of nitrogens with two attached hydrogens (primary N) is 1. The molecule has 0 saturated heterocycles. The third-order valence-corrected chi connectivity index (χ3v) is 2.83. The van der Waals surface area contributed by atoms with Gasteiger partial charge in [-0.05, 0) is 18.3 Å². The molecule has 0 amide bonds. The summed E-state index contributed by atoms with van der Waals surface area (Å²) >= 11 is 0. The minimum Gasteiger partial charge on any atom is -0.330 e. The SMILES string of the molecule is CCCC(C)CC(=O)C(CN)CC(C)C. The molecule has 0 aliphatic rings. The standard InChI is InChI=1S/C13H27NO/c1-5-6-11(4)8-13(15)12(9-14)7-10(2)3/h10-12H,5-9,14H2,1-4H3. The highest BCUT2D eigenvalue weighted by Gasteiger charge is 2.19. The molecule has 2 nitrogen and oxygen atoms in total. The Morgan fingerprint density at radius 2 is 1.87 bits per heavy atom. The van der Waals surface area contributed by atoms with Crippen molar-refractivity contribution >= 4 is 5.78 Å². The first kappa shape index (κ1) is 14.6. The zero-order chi connectivity index (χ0) is 11.8. The molecule has 0 aliphatic heterocycles. The number of Topliss-reactive ketones (excluding diaryl/α,β-unsaturated/α-hetero) is 1. The molecule has 90 valence electrons. The van der Waals surface area contributed by atoms with Gasteiger partial charge in [0, 0.05) is 18.9 Å². The molecule has 2 atom stereocenters. The van der Waals surface area contributed by atoms with Crippen LogP contribution in [0.1, 0.15) is 53.4 Å². The van der Waals surface area contributed by atoms with Crippen LogP contribution in [-0.2, 0) is 4.79 Å². The Labute approximate surface area is 94.6 Å². The minimum absolute atomic E-state index is 0.0873. The van der Waals surface area contributed by atoms with Gasteiger partial charge in [-0.1, -0.05) is 40.5 Å². The fraction of sp³-hybridized carbons (Fsp3) is 0.923. The number of carbonyl (C=O) groups excluding carboxylic acids is 1. The number of rotatable bonds is 8. The van der Waals surface area contributed by atoms with Gasteiger partial charge in [0.2, 0.25) is 0 Å². The second kappa shape index (κ2) is 7.86. The van der Waals surface area contributed by atoms with E-state index in [0.717, 1.165) is 19.3 Å². The molecule has 0 aliphatic carbocycles.